The standard InChI is InChI=1S/C29H29ClN4O2/c1-19(2)27(32-28(35)23-14-7-9-15-25(23)30)29(36)33-31-17-24-20(3)34(18-21-11-5-4-6-12-21)26-16-10-8-13-22(24)26/h4-17,19,27H,18H2,1-3H3,(H,32,35)(H,33,36)/b31-17-. The van der Waals surface area contributed by atoms with Crippen LogP contribution in [0, 0.1) is 12.8 Å². The van der Waals surface area contributed by atoms with Crippen molar-refractivity contribution in [2.45, 2.75) is 33.4 Å². The Bertz CT molecular complexity index is 1410. The van der Waals surface area contributed by atoms with Crippen LogP contribution in [0.1, 0.15) is 41.0 Å². The number of benzene rings is 3. The number of amides is 2. The van der Waals surface area contributed by atoms with Crippen molar-refractivity contribution in [2.75, 3.05) is 0 Å². The molecule has 0 radical (unpaired) electrons. The molecule has 0 aliphatic heterocycles. The minimum Gasteiger partial charge on any atom is -0.340 e. The van der Waals surface area contributed by atoms with Crippen LogP contribution in [0.5, 0.6) is 0 Å². The second-order valence-electron chi connectivity index (χ2n) is 9.00. The molecule has 0 aliphatic rings. The Balaban J connectivity index is 1.53. The van der Waals surface area contributed by atoms with Gasteiger partial charge in [0.05, 0.1) is 16.8 Å². The van der Waals surface area contributed by atoms with E-state index in [1.807, 2.05) is 57.2 Å². The molecule has 3 aromatic carbocycles. The van der Waals surface area contributed by atoms with Crippen molar-refractivity contribution < 1.29 is 9.59 Å². The first-order valence-electron chi connectivity index (χ1n) is 11.9. The minimum atomic E-state index is -0.772. The quantitative estimate of drug-likeness (QED) is 0.245. The number of nitrogens with zero attached hydrogens (tertiary/aromatic N) is 2. The molecule has 7 heteroatoms. The number of hydrogen-bond acceptors (Lipinski definition) is 3. The highest BCUT2D eigenvalue weighted by Gasteiger charge is 2.25. The summed E-state index contributed by atoms with van der Waals surface area (Å²) in [5, 5.41) is 8.42. The van der Waals surface area contributed by atoms with E-state index >= 15 is 0 Å². The monoisotopic (exact) mass is 500 g/mol. The van der Waals surface area contributed by atoms with Gasteiger partial charge in [-0.25, -0.2) is 5.43 Å². The van der Waals surface area contributed by atoms with Gasteiger partial charge in [-0.15, -0.1) is 0 Å². The molecule has 1 heterocycles. The molecule has 36 heavy (non-hydrogen) atoms. The van der Waals surface area contributed by atoms with Gasteiger partial charge in [0.2, 0.25) is 0 Å². The van der Waals surface area contributed by atoms with Crippen LogP contribution in [0.25, 0.3) is 10.9 Å². The van der Waals surface area contributed by atoms with E-state index in [1.165, 1.54) is 5.56 Å². The molecule has 0 fully saturated rings. The molecule has 0 saturated heterocycles. The highest BCUT2D eigenvalue weighted by molar-refractivity contribution is 6.33. The third-order valence-electron chi connectivity index (χ3n) is 6.19. The zero-order valence-electron chi connectivity index (χ0n) is 20.5. The number of hydrogen-bond donors (Lipinski definition) is 2. The van der Waals surface area contributed by atoms with E-state index < -0.39 is 17.9 Å². The molecule has 1 aromatic heterocycles. The van der Waals surface area contributed by atoms with Gasteiger partial charge in [0.15, 0.2) is 0 Å². The van der Waals surface area contributed by atoms with Crippen LogP contribution in [0.4, 0.5) is 0 Å². The van der Waals surface area contributed by atoms with Crippen molar-refractivity contribution >= 4 is 40.5 Å². The second-order valence-corrected chi connectivity index (χ2v) is 9.40. The zero-order chi connectivity index (χ0) is 25.7. The maximum Gasteiger partial charge on any atom is 0.262 e. The smallest absolute Gasteiger partial charge is 0.262 e. The van der Waals surface area contributed by atoms with Crippen molar-refractivity contribution in [2.24, 2.45) is 11.0 Å². The van der Waals surface area contributed by atoms with E-state index in [1.54, 1.807) is 30.5 Å². The number of carbonyl (C=O) groups is 2. The molecule has 0 saturated carbocycles. The molecule has 0 bridgehead atoms. The molecular formula is C29H29ClN4O2. The highest BCUT2D eigenvalue weighted by atomic mass is 35.5. The molecule has 0 spiro atoms. The number of nitrogens with one attached hydrogen (secondary N) is 2. The van der Waals surface area contributed by atoms with Crippen molar-refractivity contribution in [3.8, 4) is 0 Å². The summed E-state index contributed by atoms with van der Waals surface area (Å²) in [7, 11) is 0. The first-order chi connectivity index (χ1) is 17.4. The fourth-order valence-corrected chi connectivity index (χ4v) is 4.44. The Morgan fingerprint density at radius 3 is 2.36 bits per heavy atom. The van der Waals surface area contributed by atoms with Gasteiger partial charge >= 0.3 is 0 Å². The lowest BCUT2D eigenvalue weighted by molar-refractivity contribution is -0.123. The average Bonchev–Trinajstić information content (AvgIpc) is 3.14. The van der Waals surface area contributed by atoms with Crippen LogP contribution < -0.4 is 10.7 Å². The molecule has 0 aliphatic carbocycles. The van der Waals surface area contributed by atoms with E-state index in [0.29, 0.717) is 10.6 Å². The SMILES string of the molecule is Cc1c(/C=N\NC(=O)C(NC(=O)c2ccccc2Cl)C(C)C)c2ccccc2n1Cc1ccccc1. The van der Waals surface area contributed by atoms with Gasteiger partial charge in [0.1, 0.15) is 6.04 Å². The van der Waals surface area contributed by atoms with Gasteiger partial charge < -0.3 is 9.88 Å². The summed E-state index contributed by atoms with van der Waals surface area (Å²) in [6.07, 6.45) is 1.67. The van der Waals surface area contributed by atoms with Crippen molar-refractivity contribution in [3.63, 3.8) is 0 Å². The number of carbonyl (C=O) groups excluding carboxylic acids is 2. The number of aromatic nitrogens is 1. The lowest BCUT2D eigenvalue weighted by Gasteiger charge is -2.20. The Labute approximate surface area is 216 Å². The van der Waals surface area contributed by atoms with Gasteiger partial charge in [-0.3, -0.25) is 9.59 Å². The maximum atomic E-state index is 12.9. The van der Waals surface area contributed by atoms with Crippen molar-refractivity contribution in [1.29, 1.82) is 0 Å². The first-order valence-corrected chi connectivity index (χ1v) is 12.2. The van der Waals surface area contributed by atoms with Gasteiger partial charge in [0.25, 0.3) is 11.8 Å². The zero-order valence-corrected chi connectivity index (χ0v) is 21.3. The van der Waals surface area contributed by atoms with Gasteiger partial charge in [-0.1, -0.05) is 86.1 Å². The average molecular weight is 501 g/mol. The van der Waals surface area contributed by atoms with Crippen LogP contribution in [-0.2, 0) is 11.3 Å². The lowest BCUT2D eigenvalue weighted by atomic mass is 10.0. The number of halogens is 1. The summed E-state index contributed by atoms with van der Waals surface area (Å²) in [5.41, 5.74) is 7.21. The Hall–Kier alpha value is -3.90. The summed E-state index contributed by atoms with van der Waals surface area (Å²) in [6, 6.07) is 24.4. The van der Waals surface area contributed by atoms with Crippen LogP contribution in [-0.4, -0.2) is 28.6 Å². The van der Waals surface area contributed by atoms with E-state index in [0.717, 1.165) is 28.7 Å². The van der Waals surface area contributed by atoms with Gasteiger partial charge in [0, 0.05) is 28.7 Å². The predicted octanol–water partition coefficient (Wildman–Crippen LogP) is 5.56. The molecule has 1 atom stereocenters. The normalized spacial score (nSPS) is 12.2. The van der Waals surface area contributed by atoms with Crippen molar-refractivity contribution in [1.82, 2.24) is 15.3 Å². The Kier molecular flexibility index (Phi) is 7.86. The number of para-hydroxylation sites is 1. The summed E-state index contributed by atoms with van der Waals surface area (Å²) < 4.78 is 2.24. The fraction of sp³-hybridized carbons (Fsp3) is 0.207. The molecule has 2 amide bonds. The van der Waals surface area contributed by atoms with Gasteiger partial charge in [-0.2, -0.15) is 5.10 Å². The molecule has 184 valence electrons. The van der Waals surface area contributed by atoms with E-state index in [-0.39, 0.29) is 5.92 Å². The topological polar surface area (TPSA) is 75.5 Å². The minimum absolute atomic E-state index is 0.152. The predicted molar refractivity (Wildman–Crippen MR) is 145 cm³/mol. The molecule has 4 rings (SSSR count). The van der Waals surface area contributed by atoms with Crippen LogP contribution in [0.3, 0.4) is 0 Å². The molecule has 6 nitrogen and oxygen atoms in total. The first kappa shape index (κ1) is 25.2. The number of fused-ring (bicyclic) bond motifs is 1. The third-order valence-corrected chi connectivity index (χ3v) is 6.52. The van der Waals surface area contributed by atoms with Crippen LogP contribution >= 0.6 is 11.6 Å². The molecule has 1 unspecified atom stereocenters. The van der Waals surface area contributed by atoms with Crippen molar-refractivity contribution in [3.05, 3.63) is 106 Å². The summed E-state index contributed by atoms with van der Waals surface area (Å²) >= 11 is 6.14. The van der Waals surface area contributed by atoms with Crippen LogP contribution in [0.15, 0.2) is 84.0 Å². The van der Waals surface area contributed by atoms with E-state index in [9.17, 15) is 9.59 Å². The highest BCUT2D eigenvalue weighted by Crippen LogP contribution is 2.25. The van der Waals surface area contributed by atoms with E-state index in [2.05, 4.69) is 38.6 Å². The van der Waals surface area contributed by atoms with E-state index in [4.69, 9.17) is 11.6 Å². The van der Waals surface area contributed by atoms with Gasteiger partial charge in [-0.05, 0) is 36.6 Å². The second kappa shape index (κ2) is 11.2. The Morgan fingerprint density at radius 2 is 1.64 bits per heavy atom. The van der Waals surface area contributed by atoms with Crippen LogP contribution in [0.2, 0.25) is 5.02 Å². The summed E-state index contributed by atoms with van der Waals surface area (Å²) in [6.45, 7) is 6.51. The Morgan fingerprint density at radius 1 is 0.972 bits per heavy atom. The molecule has 2 N–H and O–H groups in total. The number of rotatable bonds is 8. The third kappa shape index (κ3) is 5.50. The lowest BCUT2D eigenvalue weighted by Crippen LogP contribution is -2.48. The summed E-state index contributed by atoms with van der Waals surface area (Å²) in [4.78, 5) is 25.7. The summed E-state index contributed by atoms with van der Waals surface area (Å²) in [5.74, 6) is -0.952. The molecule has 4 aromatic rings. The fourth-order valence-electron chi connectivity index (χ4n) is 4.22. The maximum absolute atomic E-state index is 12.9. The number of hydrazone groups is 1. The molecular weight excluding hydrogens is 472 g/mol. The largest absolute Gasteiger partial charge is 0.340 e.